The van der Waals surface area contributed by atoms with Crippen LogP contribution in [0.15, 0.2) is 96.7 Å². The van der Waals surface area contributed by atoms with Gasteiger partial charge in [0.2, 0.25) is 5.69 Å². The van der Waals surface area contributed by atoms with Crippen molar-refractivity contribution < 1.29 is 21.8 Å². The van der Waals surface area contributed by atoms with Gasteiger partial charge in [0.05, 0.1) is 5.41 Å². The van der Waals surface area contributed by atoms with Crippen molar-refractivity contribution in [1.29, 1.82) is 0 Å². The lowest BCUT2D eigenvalue weighted by molar-refractivity contribution is -0.401. The van der Waals surface area contributed by atoms with E-state index in [2.05, 4.69) is 142 Å². The number of benzene rings is 3. The van der Waals surface area contributed by atoms with E-state index in [1.54, 1.807) is 0 Å². The Labute approximate surface area is 241 Å². The molecule has 0 aliphatic carbocycles. The van der Waals surface area contributed by atoms with Crippen LogP contribution in [0.25, 0.3) is 10.8 Å². The Balaban J connectivity index is 0.000000714. The first-order chi connectivity index (χ1) is 19.3. The molecule has 7 heteroatoms. The topological polar surface area (TPSA) is 6.25 Å². The van der Waals surface area contributed by atoms with Gasteiger partial charge < -0.3 is 22.2 Å². The number of allylic oxidation sites excluding steroid dienone is 6. The van der Waals surface area contributed by atoms with Crippen LogP contribution in [0.5, 0.6) is 0 Å². The highest BCUT2D eigenvalue weighted by Gasteiger charge is 2.43. The fourth-order valence-corrected chi connectivity index (χ4v) is 6.25. The molecule has 0 bridgehead atoms. The van der Waals surface area contributed by atoms with Crippen LogP contribution in [0.4, 0.5) is 28.6 Å². The highest BCUT2D eigenvalue weighted by Crippen LogP contribution is 2.50. The van der Waals surface area contributed by atoms with Crippen LogP contribution in [0.1, 0.15) is 58.6 Å². The van der Waals surface area contributed by atoms with Crippen LogP contribution in [-0.4, -0.2) is 31.1 Å². The number of unbranched alkanes of at least 4 members (excludes halogenated alkanes) is 1. The molecule has 0 saturated heterocycles. The number of nitrogens with zero attached hydrogens (tertiary/aromatic N) is 2. The molecular weight excluding hydrogens is 523 g/mol. The minimum Gasteiger partial charge on any atom is -0.418 e. The number of hydrogen-bond donors (Lipinski definition) is 0. The summed E-state index contributed by atoms with van der Waals surface area (Å²) in [6.45, 7) is 12.7. The Morgan fingerprint density at radius 2 is 1.49 bits per heavy atom. The molecular formula is C34H39BF4N2. The average molecular weight is 563 g/mol. The van der Waals surface area contributed by atoms with E-state index in [4.69, 9.17) is 0 Å². The van der Waals surface area contributed by atoms with Crippen molar-refractivity contribution in [2.24, 2.45) is 0 Å². The van der Waals surface area contributed by atoms with E-state index in [0.29, 0.717) is 0 Å². The van der Waals surface area contributed by atoms with Crippen molar-refractivity contribution in [3.05, 3.63) is 108 Å². The molecule has 0 atom stereocenters. The van der Waals surface area contributed by atoms with Gasteiger partial charge in [0, 0.05) is 41.1 Å². The molecule has 0 aromatic heterocycles. The molecule has 0 N–H and O–H groups in total. The molecule has 3 aromatic rings. The van der Waals surface area contributed by atoms with Crippen molar-refractivity contribution in [3.8, 4) is 0 Å². The number of hydrogen-bond acceptors (Lipinski definition) is 1. The number of fused-ring (bicyclic) bond motifs is 4. The first kappa shape index (κ1) is 30.4. The van der Waals surface area contributed by atoms with Gasteiger partial charge >= 0.3 is 7.25 Å². The van der Waals surface area contributed by atoms with E-state index in [0.717, 1.165) is 6.54 Å². The van der Waals surface area contributed by atoms with Crippen molar-refractivity contribution >= 4 is 35.1 Å². The Morgan fingerprint density at radius 3 is 2.17 bits per heavy atom. The van der Waals surface area contributed by atoms with Crippen molar-refractivity contribution in [1.82, 2.24) is 0 Å². The molecule has 0 unspecified atom stereocenters. The molecule has 41 heavy (non-hydrogen) atoms. The molecule has 0 spiro atoms. The monoisotopic (exact) mass is 562 g/mol. The zero-order chi connectivity index (χ0) is 30.0. The summed E-state index contributed by atoms with van der Waals surface area (Å²) in [6.07, 6.45) is 13.6. The third kappa shape index (κ3) is 6.19. The molecule has 0 saturated carbocycles. The van der Waals surface area contributed by atoms with Gasteiger partial charge in [-0.05, 0) is 48.7 Å². The van der Waals surface area contributed by atoms with Crippen LogP contribution in [0.2, 0.25) is 0 Å². The van der Waals surface area contributed by atoms with Gasteiger partial charge in [-0.2, -0.15) is 4.58 Å². The molecule has 2 heterocycles. The first-order valence-electron chi connectivity index (χ1n) is 14.2. The molecule has 0 amide bonds. The summed E-state index contributed by atoms with van der Waals surface area (Å²) < 4.78 is 41.3. The summed E-state index contributed by atoms with van der Waals surface area (Å²) >= 11 is 0. The van der Waals surface area contributed by atoms with Gasteiger partial charge in [0.1, 0.15) is 7.05 Å². The van der Waals surface area contributed by atoms with E-state index in [1.165, 1.54) is 57.5 Å². The maximum Gasteiger partial charge on any atom is 0.673 e. The van der Waals surface area contributed by atoms with Crippen LogP contribution < -0.4 is 4.90 Å². The zero-order valence-electron chi connectivity index (χ0n) is 24.8. The van der Waals surface area contributed by atoms with Crippen molar-refractivity contribution in [2.45, 2.75) is 58.3 Å². The molecule has 5 rings (SSSR count). The van der Waals surface area contributed by atoms with E-state index in [1.807, 2.05) is 0 Å². The largest absolute Gasteiger partial charge is 0.673 e. The highest BCUT2D eigenvalue weighted by atomic mass is 19.5. The Morgan fingerprint density at radius 1 is 0.829 bits per heavy atom. The SMILES string of the molecule is CCCCN1\C(=C/C=C/C=C/C2=[N+](C)c3ccccc3C2(C)C)C(C)(C)c2c1ccc1ccccc21.F[B-](F)(F)F. The first-order valence-corrected chi connectivity index (χ1v) is 14.2. The summed E-state index contributed by atoms with van der Waals surface area (Å²) in [6, 6.07) is 22.1. The lowest BCUT2D eigenvalue weighted by atomic mass is 9.81. The molecule has 2 aliphatic rings. The summed E-state index contributed by atoms with van der Waals surface area (Å²) in [5, 5.41) is 2.69. The summed E-state index contributed by atoms with van der Waals surface area (Å²) in [5.74, 6) is 0. The standard InChI is InChI=1S/C34H39N2.BF4/c1-7-8-24-36-29-23-22-25-16-12-13-17-26(25)32(29)34(4,5)31(36)21-11-9-10-20-30-33(2,3)27-18-14-15-19-28(27)35(30)6;2-1(3,4)5/h9-23H,7-8,24H2,1-6H3;/q+1;-1. The van der Waals surface area contributed by atoms with Crippen LogP contribution in [0, 0.1) is 0 Å². The second-order valence-corrected chi connectivity index (χ2v) is 11.7. The van der Waals surface area contributed by atoms with Crippen molar-refractivity contribution in [2.75, 3.05) is 18.5 Å². The van der Waals surface area contributed by atoms with Crippen molar-refractivity contribution in [3.63, 3.8) is 0 Å². The van der Waals surface area contributed by atoms with Crippen LogP contribution >= 0.6 is 0 Å². The maximum absolute atomic E-state index is 9.75. The van der Waals surface area contributed by atoms with Gasteiger partial charge in [-0.3, -0.25) is 0 Å². The van der Waals surface area contributed by atoms with Gasteiger partial charge in [-0.15, -0.1) is 0 Å². The van der Waals surface area contributed by atoms with Gasteiger partial charge in [0.25, 0.3) is 0 Å². The van der Waals surface area contributed by atoms with E-state index in [9.17, 15) is 17.3 Å². The lowest BCUT2D eigenvalue weighted by Gasteiger charge is -2.27. The molecule has 2 aliphatic heterocycles. The highest BCUT2D eigenvalue weighted by molar-refractivity contribution is 6.50. The average Bonchev–Trinajstić information content (AvgIpc) is 3.25. The molecule has 216 valence electrons. The van der Waals surface area contributed by atoms with E-state index >= 15 is 0 Å². The summed E-state index contributed by atoms with van der Waals surface area (Å²) in [4.78, 5) is 2.55. The van der Waals surface area contributed by atoms with Gasteiger partial charge in [0.15, 0.2) is 5.71 Å². The quantitative estimate of drug-likeness (QED) is 0.125. The number of para-hydroxylation sites is 1. The minimum atomic E-state index is -6.00. The Hall–Kier alpha value is -3.61. The normalized spacial score (nSPS) is 18.4. The number of halogens is 4. The Bertz CT molecular complexity index is 1540. The van der Waals surface area contributed by atoms with E-state index < -0.39 is 7.25 Å². The third-order valence-corrected chi connectivity index (χ3v) is 8.16. The minimum absolute atomic E-state index is 0.00123. The van der Waals surface area contributed by atoms with Crippen LogP contribution in [0.3, 0.4) is 0 Å². The maximum atomic E-state index is 9.75. The Kier molecular flexibility index (Phi) is 8.67. The number of anilines is 1. The fraction of sp³-hybridized carbons (Fsp3) is 0.324. The summed E-state index contributed by atoms with van der Waals surface area (Å²) in [5.41, 5.74) is 8.17. The van der Waals surface area contributed by atoms with Gasteiger partial charge in [-0.1, -0.05) is 94.0 Å². The molecule has 3 aromatic carbocycles. The third-order valence-electron chi connectivity index (χ3n) is 8.16. The predicted octanol–water partition coefficient (Wildman–Crippen LogP) is 9.74. The van der Waals surface area contributed by atoms with E-state index in [-0.39, 0.29) is 10.8 Å². The molecule has 0 radical (unpaired) electrons. The fourth-order valence-electron chi connectivity index (χ4n) is 6.25. The van der Waals surface area contributed by atoms with Gasteiger partial charge in [-0.25, -0.2) is 0 Å². The second kappa shape index (κ2) is 11.7. The number of rotatable bonds is 6. The summed E-state index contributed by atoms with van der Waals surface area (Å²) in [7, 11) is -3.83. The smallest absolute Gasteiger partial charge is 0.418 e. The lowest BCUT2D eigenvalue weighted by Crippen LogP contribution is -2.27. The zero-order valence-corrected chi connectivity index (χ0v) is 24.8. The molecule has 0 fully saturated rings. The van der Waals surface area contributed by atoms with Crippen LogP contribution in [-0.2, 0) is 10.8 Å². The molecule has 2 nitrogen and oxygen atoms in total. The predicted molar refractivity (Wildman–Crippen MR) is 166 cm³/mol. The second-order valence-electron chi connectivity index (χ2n) is 11.7.